The lowest BCUT2D eigenvalue weighted by atomic mass is 10.1. The number of rotatable bonds is 7. The van der Waals surface area contributed by atoms with Crippen LogP contribution < -0.4 is 15.0 Å². The van der Waals surface area contributed by atoms with E-state index in [2.05, 4.69) is 0 Å². The van der Waals surface area contributed by atoms with Crippen LogP contribution in [0.5, 0.6) is 11.5 Å². The largest absolute Gasteiger partial charge is 0.497 e. The van der Waals surface area contributed by atoms with Gasteiger partial charge in [-0.2, -0.15) is 0 Å². The third kappa shape index (κ3) is 5.50. The summed E-state index contributed by atoms with van der Waals surface area (Å²) < 4.78 is 17.8. The quantitative estimate of drug-likeness (QED) is 0.240. The third-order valence-electron chi connectivity index (χ3n) is 6.24. The molecule has 38 heavy (non-hydrogen) atoms. The predicted molar refractivity (Wildman–Crippen MR) is 148 cm³/mol. The molecule has 8 nitrogen and oxygen atoms in total. The second-order valence-corrected chi connectivity index (χ2v) is 10.0. The van der Waals surface area contributed by atoms with Crippen molar-refractivity contribution in [2.45, 2.75) is 10.9 Å². The van der Waals surface area contributed by atoms with E-state index in [0.29, 0.717) is 75.9 Å². The maximum atomic E-state index is 13.9. The van der Waals surface area contributed by atoms with Gasteiger partial charge < -0.3 is 19.1 Å². The van der Waals surface area contributed by atoms with Crippen LogP contribution in [0.15, 0.2) is 70.6 Å². The van der Waals surface area contributed by atoms with Crippen molar-refractivity contribution in [3.8, 4) is 17.2 Å². The summed E-state index contributed by atoms with van der Waals surface area (Å²) in [6, 6.07) is 17.8. The number of benzene rings is 3. The highest BCUT2D eigenvalue weighted by atomic mass is 35.5. The van der Waals surface area contributed by atoms with Crippen molar-refractivity contribution < 1.29 is 19.0 Å². The van der Waals surface area contributed by atoms with Crippen molar-refractivity contribution in [3.63, 3.8) is 0 Å². The fourth-order valence-corrected chi connectivity index (χ4v) is 5.44. The number of ether oxygens (including phenoxy) is 3. The number of morpholine rings is 1. The lowest BCUT2D eigenvalue weighted by Crippen LogP contribution is -2.40. The van der Waals surface area contributed by atoms with Crippen molar-refractivity contribution in [1.29, 1.82) is 0 Å². The average Bonchev–Trinajstić information content (AvgIpc) is 2.95. The molecule has 10 heteroatoms. The van der Waals surface area contributed by atoms with Crippen LogP contribution in [0.1, 0.15) is 15.9 Å². The summed E-state index contributed by atoms with van der Waals surface area (Å²) >= 11 is 7.58. The zero-order valence-corrected chi connectivity index (χ0v) is 22.6. The van der Waals surface area contributed by atoms with E-state index in [4.69, 9.17) is 30.8 Å². The van der Waals surface area contributed by atoms with Gasteiger partial charge in [-0.3, -0.25) is 14.2 Å². The number of hydrogen-bond acceptors (Lipinski definition) is 7. The van der Waals surface area contributed by atoms with Gasteiger partial charge in [-0.25, -0.2) is 4.98 Å². The van der Waals surface area contributed by atoms with E-state index in [0.717, 1.165) is 5.56 Å². The van der Waals surface area contributed by atoms with Crippen LogP contribution in [0.3, 0.4) is 0 Å². The van der Waals surface area contributed by atoms with Crippen LogP contribution in [-0.2, 0) is 10.5 Å². The molecular weight excluding hydrogens is 526 g/mol. The summed E-state index contributed by atoms with van der Waals surface area (Å²) in [7, 11) is 3.11. The molecule has 5 rings (SSSR count). The number of aromatic nitrogens is 2. The second kappa shape index (κ2) is 11.5. The van der Waals surface area contributed by atoms with Crippen LogP contribution in [0.2, 0.25) is 5.02 Å². The molecule has 196 valence electrons. The highest BCUT2D eigenvalue weighted by Crippen LogP contribution is 2.30. The predicted octanol–water partition coefficient (Wildman–Crippen LogP) is 4.82. The molecule has 1 aliphatic rings. The highest BCUT2D eigenvalue weighted by molar-refractivity contribution is 7.98. The standard InChI is InChI=1S/C28H26ClN3O5S/c1-35-22-14-21(15-23(16-22)36-2)32-27(34)24-7-6-19(26(33)31-8-10-37-11-9-31)13-25(24)30-28(32)38-17-18-4-3-5-20(29)12-18/h3-7,12-16H,8-11,17H2,1-2H3. The Balaban J connectivity index is 1.62. The van der Waals surface area contributed by atoms with Gasteiger partial charge in [-0.15, -0.1) is 0 Å². The van der Waals surface area contributed by atoms with E-state index in [1.54, 1.807) is 60.1 Å². The smallest absolute Gasteiger partial charge is 0.266 e. The van der Waals surface area contributed by atoms with Crippen LogP contribution in [0.4, 0.5) is 0 Å². The second-order valence-electron chi connectivity index (χ2n) is 8.66. The normalized spacial score (nSPS) is 13.5. The van der Waals surface area contributed by atoms with Gasteiger partial charge in [0, 0.05) is 47.6 Å². The summed E-state index contributed by atoms with van der Waals surface area (Å²) in [6.07, 6.45) is 0. The number of halogens is 1. The van der Waals surface area contributed by atoms with E-state index in [1.807, 2.05) is 24.3 Å². The van der Waals surface area contributed by atoms with Gasteiger partial charge in [-0.1, -0.05) is 35.5 Å². The van der Waals surface area contributed by atoms with E-state index in [1.165, 1.54) is 11.8 Å². The molecule has 0 atom stereocenters. The van der Waals surface area contributed by atoms with Crippen molar-refractivity contribution in [1.82, 2.24) is 14.5 Å². The fraction of sp³-hybridized carbons (Fsp3) is 0.250. The van der Waals surface area contributed by atoms with Gasteiger partial charge in [-0.05, 0) is 35.9 Å². The van der Waals surface area contributed by atoms with Gasteiger partial charge in [0.2, 0.25) is 0 Å². The molecule has 1 saturated heterocycles. The lowest BCUT2D eigenvalue weighted by Gasteiger charge is -2.26. The molecule has 3 aromatic carbocycles. The molecule has 0 bridgehead atoms. The maximum Gasteiger partial charge on any atom is 0.266 e. The Hall–Kier alpha value is -3.53. The van der Waals surface area contributed by atoms with Crippen LogP contribution in [0, 0.1) is 0 Å². The van der Waals surface area contributed by atoms with Crippen LogP contribution in [0.25, 0.3) is 16.6 Å². The van der Waals surface area contributed by atoms with Gasteiger partial charge in [0.25, 0.3) is 11.5 Å². The molecule has 1 amide bonds. The molecule has 2 heterocycles. The van der Waals surface area contributed by atoms with Gasteiger partial charge in [0.1, 0.15) is 11.5 Å². The Morgan fingerprint density at radius 1 is 1.03 bits per heavy atom. The van der Waals surface area contributed by atoms with E-state index in [-0.39, 0.29) is 11.5 Å². The van der Waals surface area contributed by atoms with E-state index >= 15 is 0 Å². The number of thioether (sulfide) groups is 1. The fourth-order valence-electron chi connectivity index (χ4n) is 4.27. The third-order valence-corrected chi connectivity index (χ3v) is 7.48. The molecule has 1 fully saturated rings. The topological polar surface area (TPSA) is 82.9 Å². The van der Waals surface area contributed by atoms with E-state index in [9.17, 15) is 9.59 Å². The Kier molecular flexibility index (Phi) is 7.87. The minimum atomic E-state index is -0.260. The molecule has 4 aromatic rings. The first-order chi connectivity index (χ1) is 18.5. The summed E-state index contributed by atoms with van der Waals surface area (Å²) in [5.41, 5.74) is 2.22. The minimum Gasteiger partial charge on any atom is -0.497 e. The van der Waals surface area contributed by atoms with Crippen molar-refractivity contribution in [2.24, 2.45) is 0 Å². The van der Waals surface area contributed by atoms with E-state index < -0.39 is 0 Å². The number of methoxy groups -OCH3 is 2. The van der Waals surface area contributed by atoms with Gasteiger partial charge in [0.15, 0.2) is 5.16 Å². The Morgan fingerprint density at radius 2 is 1.76 bits per heavy atom. The maximum absolute atomic E-state index is 13.9. The Labute approximate surface area is 229 Å². The SMILES string of the molecule is COc1cc(OC)cc(-n2c(SCc3cccc(Cl)c3)nc3cc(C(=O)N4CCOCC4)ccc3c2=O)c1. The molecular formula is C28H26ClN3O5S. The van der Waals surface area contributed by atoms with Crippen LogP contribution in [-0.4, -0.2) is 60.9 Å². The number of nitrogens with zero attached hydrogens (tertiary/aromatic N) is 3. The Morgan fingerprint density at radius 3 is 2.45 bits per heavy atom. The van der Waals surface area contributed by atoms with Crippen molar-refractivity contribution >= 4 is 40.2 Å². The van der Waals surface area contributed by atoms with Gasteiger partial charge >= 0.3 is 0 Å². The minimum absolute atomic E-state index is 0.105. The molecule has 0 spiro atoms. The Bertz CT molecular complexity index is 1530. The average molecular weight is 552 g/mol. The number of amides is 1. The molecule has 0 radical (unpaired) electrons. The molecule has 0 unspecified atom stereocenters. The molecule has 0 saturated carbocycles. The summed E-state index contributed by atoms with van der Waals surface area (Å²) in [4.78, 5) is 33.6. The first-order valence-corrected chi connectivity index (χ1v) is 13.4. The van der Waals surface area contributed by atoms with Crippen molar-refractivity contribution in [2.75, 3.05) is 40.5 Å². The highest BCUT2D eigenvalue weighted by Gasteiger charge is 2.21. The first-order valence-electron chi connectivity index (χ1n) is 12.0. The number of fused-ring (bicyclic) bond motifs is 1. The summed E-state index contributed by atoms with van der Waals surface area (Å²) in [5, 5.41) is 1.50. The van der Waals surface area contributed by atoms with Crippen LogP contribution >= 0.6 is 23.4 Å². The number of hydrogen-bond donors (Lipinski definition) is 0. The van der Waals surface area contributed by atoms with Gasteiger partial charge in [0.05, 0.1) is 44.0 Å². The summed E-state index contributed by atoms with van der Waals surface area (Å²) in [5.74, 6) is 1.52. The molecule has 0 N–H and O–H groups in total. The summed E-state index contributed by atoms with van der Waals surface area (Å²) in [6.45, 7) is 2.09. The molecule has 1 aromatic heterocycles. The lowest BCUT2D eigenvalue weighted by molar-refractivity contribution is 0.0303. The molecule has 1 aliphatic heterocycles. The first kappa shape index (κ1) is 26.1. The zero-order valence-electron chi connectivity index (χ0n) is 21.0. The van der Waals surface area contributed by atoms with Crippen molar-refractivity contribution in [3.05, 3.63) is 87.2 Å². The number of carbonyl (C=O) groups is 1. The molecule has 0 aliphatic carbocycles. The zero-order chi connectivity index (χ0) is 26.6. The monoisotopic (exact) mass is 551 g/mol. The number of carbonyl (C=O) groups excluding carboxylic acids is 1.